The summed E-state index contributed by atoms with van der Waals surface area (Å²) in [5.74, 6) is 0.113. The number of nitrogens with one attached hydrogen (secondary N) is 1. The van der Waals surface area contributed by atoms with Crippen molar-refractivity contribution in [1.82, 2.24) is 10.2 Å². The quantitative estimate of drug-likeness (QED) is 0.904. The average Bonchev–Trinajstić information content (AvgIpc) is 2.71. The van der Waals surface area contributed by atoms with Crippen LogP contribution in [0.5, 0.6) is 0 Å². The van der Waals surface area contributed by atoms with Gasteiger partial charge in [-0.1, -0.05) is 30.3 Å². The monoisotopic (exact) mass is 288 g/mol. The SMILES string of the molecule is CC1OC2(CCCNCC2)CN(Cc2ccccc2)C1=O. The zero-order chi connectivity index (χ0) is 14.7. The summed E-state index contributed by atoms with van der Waals surface area (Å²) in [6.07, 6.45) is 2.79. The van der Waals surface area contributed by atoms with Gasteiger partial charge >= 0.3 is 0 Å². The van der Waals surface area contributed by atoms with Gasteiger partial charge in [0.2, 0.25) is 0 Å². The van der Waals surface area contributed by atoms with E-state index >= 15 is 0 Å². The van der Waals surface area contributed by atoms with E-state index in [0.29, 0.717) is 13.1 Å². The maximum absolute atomic E-state index is 12.4. The molecule has 2 fully saturated rings. The Kier molecular flexibility index (Phi) is 4.27. The zero-order valence-electron chi connectivity index (χ0n) is 12.7. The van der Waals surface area contributed by atoms with Crippen LogP contribution in [0.25, 0.3) is 0 Å². The molecule has 3 rings (SSSR count). The number of benzene rings is 1. The van der Waals surface area contributed by atoms with Crippen molar-refractivity contribution in [2.75, 3.05) is 19.6 Å². The first-order valence-corrected chi connectivity index (χ1v) is 7.90. The Labute approximate surface area is 126 Å². The highest BCUT2D eigenvalue weighted by atomic mass is 16.5. The Morgan fingerprint density at radius 1 is 1.29 bits per heavy atom. The number of carbonyl (C=O) groups excluding carboxylic acids is 1. The number of amides is 1. The van der Waals surface area contributed by atoms with E-state index in [2.05, 4.69) is 17.4 Å². The number of hydrogen-bond acceptors (Lipinski definition) is 3. The lowest BCUT2D eigenvalue weighted by atomic mass is 9.91. The summed E-state index contributed by atoms with van der Waals surface area (Å²) >= 11 is 0. The Balaban J connectivity index is 1.77. The third-order valence-corrected chi connectivity index (χ3v) is 4.52. The highest BCUT2D eigenvalue weighted by Gasteiger charge is 2.43. The lowest BCUT2D eigenvalue weighted by Crippen LogP contribution is -2.57. The van der Waals surface area contributed by atoms with Gasteiger partial charge in [-0.15, -0.1) is 0 Å². The smallest absolute Gasteiger partial charge is 0.251 e. The van der Waals surface area contributed by atoms with Crippen LogP contribution in [-0.4, -0.2) is 42.1 Å². The number of morpholine rings is 1. The molecular formula is C17H24N2O2. The summed E-state index contributed by atoms with van der Waals surface area (Å²) in [7, 11) is 0. The van der Waals surface area contributed by atoms with E-state index < -0.39 is 0 Å². The fourth-order valence-corrected chi connectivity index (χ4v) is 3.46. The number of hydrogen-bond donors (Lipinski definition) is 1. The van der Waals surface area contributed by atoms with E-state index in [9.17, 15) is 4.79 Å². The second kappa shape index (κ2) is 6.16. The minimum Gasteiger partial charge on any atom is -0.360 e. The molecule has 2 atom stereocenters. The Hall–Kier alpha value is -1.39. The second-order valence-electron chi connectivity index (χ2n) is 6.23. The highest BCUT2D eigenvalue weighted by molar-refractivity contribution is 5.81. The maximum Gasteiger partial charge on any atom is 0.251 e. The molecule has 0 radical (unpaired) electrons. The van der Waals surface area contributed by atoms with E-state index in [1.54, 1.807) is 0 Å². The predicted molar refractivity (Wildman–Crippen MR) is 81.9 cm³/mol. The molecule has 0 aromatic heterocycles. The van der Waals surface area contributed by atoms with Crippen molar-refractivity contribution in [2.45, 2.75) is 44.4 Å². The molecule has 0 saturated carbocycles. The van der Waals surface area contributed by atoms with Gasteiger partial charge in [-0.05, 0) is 44.8 Å². The number of carbonyl (C=O) groups is 1. The van der Waals surface area contributed by atoms with Crippen LogP contribution in [0.3, 0.4) is 0 Å². The molecule has 0 aliphatic carbocycles. The molecular weight excluding hydrogens is 264 g/mol. The maximum atomic E-state index is 12.4. The first-order valence-electron chi connectivity index (χ1n) is 7.90. The van der Waals surface area contributed by atoms with Crippen LogP contribution in [0.2, 0.25) is 0 Å². The van der Waals surface area contributed by atoms with Crippen molar-refractivity contribution in [1.29, 1.82) is 0 Å². The summed E-state index contributed by atoms with van der Waals surface area (Å²) < 4.78 is 6.14. The highest BCUT2D eigenvalue weighted by Crippen LogP contribution is 2.32. The fraction of sp³-hybridized carbons (Fsp3) is 0.588. The molecule has 2 unspecified atom stereocenters. The minimum absolute atomic E-state index is 0.113. The van der Waals surface area contributed by atoms with Gasteiger partial charge in [0.25, 0.3) is 5.91 Å². The summed E-state index contributed by atoms with van der Waals surface area (Å²) in [4.78, 5) is 14.4. The van der Waals surface area contributed by atoms with Crippen LogP contribution in [0, 0.1) is 0 Å². The molecule has 2 aliphatic rings. The largest absolute Gasteiger partial charge is 0.360 e. The van der Waals surface area contributed by atoms with E-state index in [1.807, 2.05) is 30.0 Å². The first-order chi connectivity index (χ1) is 10.2. The molecule has 114 valence electrons. The van der Waals surface area contributed by atoms with Gasteiger partial charge in [0.05, 0.1) is 12.1 Å². The Morgan fingerprint density at radius 2 is 2.10 bits per heavy atom. The molecule has 1 spiro atoms. The van der Waals surface area contributed by atoms with E-state index in [-0.39, 0.29) is 17.6 Å². The lowest BCUT2D eigenvalue weighted by Gasteiger charge is -2.45. The van der Waals surface area contributed by atoms with Crippen molar-refractivity contribution in [3.8, 4) is 0 Å². The first kappa shape index (κ1) is 14.5. The molecule has 1 N–H and O–H groups in total. The van der Waals surface area contributed by atoms with Crippen LogP contribution >= 0.6 is 0 Å². The van der Waals surface area contributed by atoms with Crippen LogP contribution < -0.4 is 5.32 Å². The van der Waals surface area contributed by atoms with Gasteiger partial charge in [-0.3, -0.25) is 4.79 Å². The number of rotatable bonds is 2. The van der Waals surface area contributed by atoms with Gasteiger partial charge in [0.15, 0.2) is 0 Å². The summed E-state index contributed by atoms with van der Waals surface area (Å²) in [5, 5.41) is 3.43. The van der Waals surface area contributed by atoms with Gasteiger partial charge in [-0.2, -0.15) is 0 Å². The molecule has 0 bridgehead atoms. The van der Waals surface area contributed by atoms with Crippen LogP contribution in [-0.2, 0) is 16.1 Å². The van der Waals surface area contributed by atoms with E-state index in [0.717, 1.165) is 32.4 Å². The van der Waals surface area contributed by atoms with E-state index in [4.69, 9.17) is 4.74 Å². The molecule has 21 heavy (non-hydrogen) atoms. The van der Waals surface area contributed by atoms with Gasteiger partial charge in [0.1, 0.15) is 6.10 Å². The summed E-state index contributed by atoms with van der Waals surface area (Å²) in [5.41, 5.74) is 1.02. The third kappa shape index (κ3) is 3.27. The van der Waals surface area contributed by atoms with Crippen molar-refractivity contribution in [3.63, 3.8) is 0 Å². The average molecular weight is 288 g/mol. The van der Waals surface area contributed by atoms with Crippen molar-refractivity contribution >= 4 is 5.91 Å². The molecule has 4 heteroatoms. The molecule has 1 aromatic carbocycles. The van der Waals surface area contributed by atoms with E-state index in [1.165, 1.54) is 5.56 Å². The molecule has 1 aromatic rings. The topological polar surface area (TPSA) is 41.6 Å². The van der Waals surface area contributed by atoms with Crippen molar-refractivity contribution in [2.24, 2.45) is 0 Å². The lowest BCUT2D eigenvalue weighted by molar-refractivity contribution is -0.183. The van der Waals surface area contributed by atoms with Crippen LogP contribution in [0.4, 0.5) is 0 Å². The Bertz CT molecular complexity index is 481. The minimum atomic E-state index is -0.333. The third-order valence-electron chi connectivity index (χ3n) is 4.52. The second-order valence-corrected chi connectivity index (χ2v) is 6.23. The molecule has 2 aliphatic heterocycles. The summed E-state index contributed by atoms with van der Waals surface area (Å²) in [6, 6.07) is 10.2. The standard InChI is InChI=1S/C17H24N2O2/c1-14-16(20)19(12-15-6-3-2-4-7-15)13-17(21-14)8-5-10-18-11-9-17/h2-4,6-7,14,18H,5,8-13H2,1H3. The van der Waals surface area contributed by atoms with Gasteiger partial charge in [0, 0.05) is 6.54 Å². The molecule has 2 saturated heterocycles. The molecule has 4 nitrogen and oxygen atoms in total. The Morgan fingerprint density at radius 3 is 2.90 bits per heavy atom. The van der Waals surface area contributed by atoms with Gasteiger partial charge < -0.3 is 15.0 Å². The number of nitrogens with zero attached hydrogens (tertiary/aromatic N) is 1. The normalized spacial score (nSPS) is 30.4. The number of ether oxygens (including phenoxy) is 1. The van der Waals surface area contributed by atoms with Gasteiger partial charge in [-0.25, -0.2) is 0 Å². The molecule has 1 amide bonds. The van der Waals surface area contributed by atoms with Crippen LogP contribution in [0.1, 0.15) is 31.7 Å². The van der Waals surface area contributed by atoms with Crippen LogP contribution in [0.15, 0.2) is 30.3 Å². The predicted octanol–water partition coefficient (Wildman–Crippen LogP) is 1.95. The molecule has 2 heterocycles. The van der Waals surface area contributed by atoms with Crippen molar-refractivity contribution < 1.29 is 9.53 Å². The zero-order valence-corrected chi connectivity index (χ0v) is 12.7. The fourth-order valence-electron chi connectivity index (χ4n) is 3.46. The summed E-state index contributed by atoms with van der Waals surface area (Å²) in [6.45, 7) is 5.31. The van der Waals surface area contributed by atoms with Crippen molar-refractivity contribution in [3.05, 3.63) is 35.9 Å².